The molecule has 1 aromatic carbocycles. The average Bonchev–Trinajstić information content (AvgIpc) is 3.88. The summed E-state index contributed by atoms with van der Waals surface area (Å²) < 4.78 is 54.9. The van der Waals surface area contributed by atoms with Gasteiger partial charge in [0.2, 0.25) is 11.8 Å². The summed E-state index contributed by atoms with van der Waals surface area (Å²) in [5.41, 5.74) is 0.197. The summed E-state index contributed by atoms with van der Waals surface area (Å²) in [5, 5.41) is 20.2. The van der Waals surface area contributed by atoms with E-state index in [4.69, 9.17) is 5.11 Å². The number of amides is 3. The third-order valence-electron chi connectivity index (χ3n) is 7.25. The lowest BCUT2D eigenvalue weighted by Crippen LogP contribution is -2.50. The highest BCUT2D eigenvalue weighted by molar-refractivity contribution is 6.01. The van der Waals surface area contributed by atoms with Crippen LogP contribution in [0.25, 0.3) is 0 Å². The molecule has 0 bridgehead atoms. The highest BCUT2D eigenvalue weighted by atomic mass is 19.4. The van der Waals surface area contributed by atoms with Crippen molar-refractivity contribution >= 4 is 23.4 Å². The smallest absolute Gasteiger partial charge is 0.394 e. The van der Waals surface area contributed by atoms with Crippen molar-refractivity contribution in [3.8, 4) is 0 Å². The molecule has 1 aromatic heterocycles. The predicted octanol–water partition coefficient (Wildman–Crippen LogP) is 4.38. The molecule has 4 rings (SSSR count). The van der Waals surface area contributed by atoms with Crippen LogP contribution in [0.3, 0.4) is 0 Å². The van der Waals surface area contributed by atoms with Crippen LogP contribution >= 0.6 is 0 Å². The zero-order chi connectivity index (χ0) is 31.2. The first-order valence-electron chi connectivity index (χ1n) is 14.3. The number of aliphatic hydroxyl groups is 1. The Morgan fingerprint density at radius 2 is 1.67 bits per heavy atom. The van der Waals surface area contributed by atoms with E-state index in [0.717, 1.165) is 31.7 Å². The zero-order valence-corrected chi connectivity index (χ0v) is 24.2. The maximum absolute atomic E-state index is 14.9. The minimum Gasteiger partial charge on any atom is -0.394 e. The van der Waals surface area contributed by atoms with Crippen molar-refractivity contribution < 1.29 is 37.1 Å². The Morgan fingerprint density at radius 3 is 2.17 bits per heavy atom. The van der Waals surface area contributed by atoms with E-state index in [9.17, 15) is 31.9 Å². The van der Waals surface area contributed by atoms with Crippen molar-refractivity contribution in [3.05, 3.63) is 47.5 Å². The lowest BCUT2D eigenvalue weighted by atomic mass is 9.88. The standard InChI is InChI=1S/C27H33F4N5O4.C2H6/c1-14(2)36-20(9-10-32-36)25(39)35-24(23(16-4-5-16)17-6-7-17)26(40)33-19-8-3-15(11-18(19)28)12-22(38)34-21(13-37)27(29,30)31;1-2/h3,8-11,14,16-17,21,23-24,37H,4-7,12-13H2,1-2H3,(H,33,40)(H,34,38)(H,35,39);1-2H3. The van der Waals surface area contributed by atoms with E-state index < -0.39 is 54.8 Å². The van der Waals surface area contributed by atoms with E-state index in [1.54, 1.807) is 16.1 Å². The number of rotatable bonds is 12. The molecule has 2 fully saturated rings. The number of nitrogens with one attached hydrogen (secondary N) is 3. The molecule has 9 nitrogen and oxygen atoms in total. The van der Waals surface area contributed by atoms with Gasteiger partial charge in [0, 0.05) is 12.2 Å². The monoisotopic (exact) mass is 597 g/mol. The van der Waals surface area contributed by atoms with Gasteiger partial charge in [-0.15, -0.1) is 0 Å². The van der Waals surface area contributed by atoms with Crippen LogP contribution in [0.1, 0.15) is 75.5 Å². The van der Waals surface area contributed by atoms with E-state index in [1.807, 2.05) is 27.7 Å². The fourth-order valence-electron chi connectivity index (χ4n) is 4.99. The predicted molar refractivity (Wildman–Crippen MR) is 148 cm³/mol. The number of aromatic nitrogens is 2. The normalized spacial score (nSPS) is 16.4. The Morgan fingerprint density at radius 1 is 1.05 bits per heavy atom. The molecule has 2 unspecified atom stereocenters. The SMILES string of the molecule is CC.CC(C)n1nccc1C(=O)NC(C(=O)Nc1ccc(CC(=O)NC(CO)C(F)(F)F)cc1F)C(C1CC1)C1CC1. The second kappa shape index (κ2) is 14.1. The first-order valence-corrected chi connectivity index (χ1v) is 14.3. The van der Waals surface area contributed by atoms with Gasteiger partial charge in [-0.2, -0.15) is 18.3 Å². The fraction of sp³-hybridized carbons (Fsp3) is 0.586. The average molecular weight is 598 g/mol. The second-order valence-corrected chi connectivity index (χ2v) is 10.8. The molecule has 3 amide bonds. The summed E-state index contributed by atoms with van der Waals surface area (Å²) in [6.45, 7) is 6.43. The summed E-state index contributed by atoms with van der Waals surface area (Å²) in [5.74, 6) is -2.50. The van der Waals surface area contributed by atoms with Gasteiger partial charge >= 0.3 is 6.18 Å². The van der Waals surface area contributed by atoms with Gasteiger partial charge in [-0.1, -0.05) is 19.9 Å². The summed E-state index contributed by atoms with van der Waals surface area (Å²) in [7, 11) is 0. The van der Waals surface area contributed by atoms with Gasteiger partial charge in [-0.3, -0.25) is 19.1 Å². The number of benzene rings is 1. The van der Waals surface area contributed by atoms with Crippen LogP contribution in [0.4, 0.5) is 23.2 Å². The maximum atomic E-state index is 14.9. The maximum Gasteiger partial charge on any atom is 0.410 e. The zero-order valence-electron chi connectivity index (χ0n) is 24.2. The highest BCUT2D eigenvalue weighted by Gasteiger charge is 2.48. The molecule has 232 valence electrons. The third-order valence-corrected chi connectivity index (χ3v) is 7.25. The highest BCUT2D eigenvalue weighted by Crippen LogP contribution is 2.51. The van der Waals surface area contributed by atoms with Crippen molar-refractivity contribution in [2.45, 2.75) is 84.1 Å². The number of hydrogen-bond acceptors (Lipinski definition) is 5. The van der Waals surface area contributed by atoms with Gasteiger partial charge in [0.25, 0.3) is 5.91 Å². The van der Waals surface area contributed by atoms with Crippen molar-refractivity contribution in [3.63, 3.8) is 0 Å². The lowest BCUT2D eigenvalue weighted by molar-refractivity contribution is -0.168. The van der Waals surface area contributed by atoms with Gasteiger partial charge in [0.1, 0.15) is 23.6 Å². The number of carbonyl (C=O) groups is 3. The molecule has 0 radical (unpaired) electrons. The number of carbonyl (C=O) groups excluding carboxylic acids is 3. The number of halogens is 4. The molecule has 2 saturated carbocycles. The summed E-state index contributed by atoms with van der Waals surface area (Å²) >= 11 is 0. The topological polar surface area (TPSA) is 125 Å². The van der Waals surface area contributed by atoms with Crippen molar-refractivity contribution in [2.75, 3.05) is 11.9 Å². The van der Waals surface area contributed by atoms with Crippen LogP contribution in [0.2, 0.25) is 0 Å². The molecule has 0 saturated heterocycles. The number of aliphatic hydroxyl groups excluding tert-OH is 1. The van der Waals surface area contributed by atoms with Gasteiger partial charge in [0.15, 0.2) is 0 Å². The first kappa shape index (κ1) is 33.0. The van der Waals surface area contributed by atoms with Crippen molar-refractivity contribution in [2.24, 2.45) is 17.8 Å². The molecule has 4 N–H and O–H groups in total. The van der Waals surface area contributed by atoms with Crippen LogP contribution in [0.5, 0.6) is 0 Å². The number of anilines is 1. The van der Waals surface area contributed by atoms with E-state index in [-0.39, 0.29) is 35.0 Å². The number of alkyl halides is 3. The molecule has 42 heavy (non-hydrogen) atoms. The molecule has 2 aliphatic rings. The Bertz CT molecular complexity index is 1230. The van der Waals surface area contributed by atoms with Crippen LogP contribution < -0.4 is 16.0 Å². The summed E-state index contributed by atoms with van der Waals surface area (Å²) in [4.78, 5) is 38.7. The number of hydrogen-bond donors (Lipinski definition) is 4. The van der Waals surface area contributed by atoms with Gasteiger partial charge in [-0.05, 0) is 81.0 Å². The van der Waals surface area contributed by atoms with Crippen LogP contribution in [-0.4, -0.2) is 57.5 Å². The third kappa shape index (κ3) is 8.52. The molecule has 2 aliphatic carbocycles. The lowest BCUT2D eigenvalue weighted by Gasteiger charge is -2.28. The second-order valence-electron chi connectivity index (χ2n) is 10.8. The van der Waals surface area contributed by atoms with Gasteiger partial charge < -0.3 is 21.1 Å². The Balaban J connectivity index is 0.00000237. The molecular formula is C29H39F4N5O4. The van der Waals surface area contributed by atoms with Crippen LogP contribution in [0, 0.1) is 23.6 Å². The Labute approximate surface area is 242 Å². The molecule has 13 heteroatoms. The molecule has 1 heterocycles. The molecule has 2 aromatic rings. The summed E-state index contributed by atoms with van der Waals surface area (Å²) in [6, 6.07) is 1.63. The van der Waals surface area contributed by atoms with E-state index in [0.29, 0.717) is 5.69 Å². The molecular weight excluding hydrogens is 558 g/mol. The molecule has 0 aliphatic heterocycles. The fourth-order valence-corrected chi connectivity index (χ4v) is 4.99. The van der Waals surface area contributed by atoms with Crippen molar-refractivity contribution in [1.29, 1.82) is 0 Å². The quantitative estimate of drug-likeness (QED) is 0.270. The van der Waals surface area contributed by atoms with Crippen molar-refractivity contribution in [1.82, 2.24) is 20.4 Å². The van der Waals surface area contributed by atoms with Crippen LogP contribution in [0.15, 0.2) is 30.5 Å². The Hall–Kier alpha value is -3.48. The largest absolute Gasteiger partial charge is 0.410 e. The first-order chi connectivity index (χ1) is 19.9. The number of nitrogens with zero attached hydrogens (tertiary/aromatic N) is 2. The van der Waals surface area contributed by atoms with E-state index >= 15 is 0 Å². The van der Waals surface area contributed by atoms with Gasteiger partial charge in [-0.25, -0.2) is 4.39 Å². The minimum atomic E-state index is -4.83. The molecule has 0 spiro atoms. The van der Waals surface area contributed by atoms with E-state index in [1.165, 1.54) is 18.3 Å². The summed E-state index contributed by atoms with van der Waals surface area (Å²) in [6.07, 6.45) is -0.104. The molecule has 2 atom stereocenters. The Kier molecular flexibility index (Phi) is 11.1. The van der Waals surface area contributed by atoms with Crippen LogP contribution in [-0.2, 0) is 16.0 Å². The minimum absolute atomic E-state index is 0.0764. The van der Waals surface area contributed by atoms with Gasteiger partial charge in [0.05, 0.1) is 18.7 Å². The van der Waals surface area contributed by atoms with E-state index in [2.05, 4.69) is 15.7 Å².